The van der Waals surface area contributed by atoms with Gasteiger partial charge >= 0.3 is 0 Å². The lowest BCUT2D eigenvalue weighted by Gasteiger charge is -2.11. The van der Waals surface area contributed by atoms with Gasteiger partial charge in [-0.05, 0) is 23.6 Å². The SMILES string of the molecule is CC(C)COCCn1ccc2c(CNC(C)C)cccc21. The summed E-state index contributed by atoms with van der Waals surface area (Å²) in [5.41, 5.74) is 2.66. The second kappa shape index (κ2) is 7.62. The number of aromatic nitrogens is 1. The first-order valence-corrected chi connectivity index (χ1v) is 7.95. The average molecular weight is 288 g/mol. The molecule has 21 heavy (non-hydrogen) atoms. The Kier molecular flexibility index (Phi) is 5.83. The molecule has 0 radical (unpaired) electrons. The number of hydrogen-bond donors (Lipinski definition) is 1. The number of fused-ring (bicyclic) bond motifs is 1. The molecule has 0 unspecified atom stereocenters. The molecular weight excluding hydrogens is 260 g/mol. The number of ether oxygens (including phenoxy) is 1. The van der Waals surface area contributed by atoms with Gasteiger partial charge in [-0.3, -0.25) is 0 Å². The second-order valence-corrected chi connectivity index (χ2v) is 6.36. The zero-order valence-electron chi connectivity index (χ0n) is 13.7. The molecule has 1 aromatic heterocycles. The van der Waals surface area contributed by atoms with Crippen molar-refractivity contribution in [1.29, 1.82) is 0 Å². The van der Waals surface area contributed by atoms with Crippen LogP contribution in [0.5, 0.6) is 0 Å². The van der Waals surface area contributed by atoms with E-state index in [2.05, 4.69) is 68.0 Å². The van der Waals surface area contributed by atoms with E-state index >= 15 is 0 Å². The van der Waals surface area contributed by atoms with Gasteiger partial charge in [0.15, 0.2) is 0 Å². The van der Waals surface area contributed by atoms with Crippen LogP contribution in [0.15, 0.2) is 30.5 Å². The summed E-state index contributed by atoms with van der Waals surface area (Å²) in [6.07, 6.45) is 2.17. The van der Waals surface area contributed by atoms with Crippen molar-refractivity contribution in [2.75, 3.05) is 13.2 Å². The molecule has 0 spiro atoms. The van der Waals surface area contributed by atoms with E-state index in [9.17, 15) is 0 Å². The minimum atomic E-state index is 0.506. The van der Waals surface area contributed by atoms with Gasteiger partial charge in [-0.1, -0.05) is 39.8 Å². The Balaban J connectivity index is 2.04. The molecule has 2 aromatic rings. The van der Waals surface area contributed by atoms with Gasteiger partial charge < -0.3 is 14.6 Å². The summed E-state index contributed by atoms with van der Waals surface area (Å²) < 4.78 is 7.98. The minimum absolute atomic E-state index is 0.506. The molecule has 116 valence electrons. The molecule has 0 aliphatic carbocycles. The van der Waals surface area contributed by atoms with Gasteiger partial charge in [0, 0.05) is 42.8 Å². The fourth-order valence-electron chi connectivity index (χ4n) is 2.43. The smallest absolute Gasteiger partial charge is 0.0645 e. The molecule has 1 aromatic carbocycles. The summed E-state index contributed by atoms with van der Waals surface area (Å²) in [4.78, 5) is 0. The molecule has 0 bridgehead atoms. The summed E-state index contributed by atoms with van der Waals surface area (Å²) in [6, 6.07) is 9.26. The molecule has 3 nitrogen and oxygen atoms in total. The molecule has 3 heteroatoms. The average Bonchev–Trinajstić information content (AvgIpc) is 2.85. The standard InChI is InChI=1S/C18H28N2O/c1-14(2)13-21-11-10-20-9-8-17-16(12-19-15(3)4)6-5-7-18(17)20/h5-9,14-15,19H,10-13H2,1-4H3. The third-order valence-corrected chi connectivity index (χ3v) is 3.53. The van der Waals surface area contributed by atoms with Crippen LogP contribution in [0, 0.1) is 5.92 Å². The lowest BCUT2D eigenvalue weighted by molar-refractivity contribution is 0.104. The first-order chi connectivity index (χ1) is 10.1. The topological polar surface area (TPSA) is 26.2 Å². The lowest BCUT2D eigenvalue weighted by atomic mass is 10.1. The fourth-order valence-corrected chi connectivity index (χ4v) is 2.43. The van der Waals surface area contributed by atoms with E-state index in [0.717, 1.165) is 26.3 Å². The number of benzene rings is 1. The summed E-state index contributed by atoms with van der Waals surface area (Å²) >= 11 is 0. The quantitative estimate of drug-likeness (QED) is 0.748. The van der Waals surface area contributed by atoms with Crippen molar-refractivity contribution >= 4 is 10.9 Å². The third kappa shape index (κ3) is 4.58. The molecule has 2 rings (SSSR count). The van der Waals surface area contributed by atoms with Gasteiger partial charge in [-0.2, -0.15) is 0 Å². The number of hydrogen-bond acceptors (Lipinski definition) is 2. The van der Waals surface area contributed by atoms with Crippen molar-refractivity contribution in [1.82, 2.24) is 9.88 Å². The Morgan fingerprint density at radius 3 is 2.67 bits per heavy atom. The highest BCUT2D eigenvalue weighted by Crippen LogP contribution is 2.20. The highest BCUT2D eigenvalue weighted by Gasteiger charge is 2.06. The van der Waals surface area contributed by atoms with Crippen molar-refractivity contribution in [3.63, 3.8) is 0 Å². The van der Waals surface area contributed by atoms with Gasteiger partial charge in [0.25, 0.3) is 0 Å². The van der Waals surface area contributed by atoms with E-state index in [4.69, 9.17) is 4.74 Å². The van der Waals surface area contributed by atoms with Crippen molar-refractivity contribution in [3.05, 3.63) is 36.0 Å². The van der Waals surface area contributed by atoms with Crippen molar-refractivity contribution in [3.8, 4) is 0 Å². The van der Waals surface area contributed by atoms with E-state index in [-0.39, 0.29) is 0 Å². The first-order valence-electron chi connectivity index (χ1n) is 7.95. The maximum atomic E-state index is 5.69. The van der Waals surface area contributed by atoms with E-state index in [1.807, 2.05) is 0 Å². The Labute approximate surface area is 128 Å². The van der Waals surface area contributed by atoms with Gasteiger partial charge in [0.2, 0.25) is 0 Å². The molecule has 1 N–H and O–H groups in total. The summed E-state index contributed by atoms with van der Waals surface area (Å²) in [6.45, 7) is 12.2. The highest BCUT2D eigenvalue weighted by atomic mass is 16.5. The Hall–Kier alpha value is -1.32. The summed E-state index contributed by atoms with van der Waals surface area (Å²) in [5, 5.41) is 4.84. The van der Waals surface area contributed by atoms with Gasteiger partial charge in [-0.25, -0.2) is 0 Å². The minimum Gasteiger partial charge on any atom is -0.379 e. The van der Waals surface area contributed by atoms with Crippen LogP contribution >= 0.6 is 0 Å². The first kappa shape index (κ1) is 16.1. The van der Waals surface area contributed by atoms with Crippen LogP contribution in [0.2, 0.25) is 0 Å². The fraction of sp³-hybridized carbons (Fsp3) is 0.556. The van der Waals surface area contributed by atoms with E-state index < -0.39 is 0 Å². The predicted octanol–water partition coefficient (Wildman–Crippen LogP) is 3.81. The van der Waals surface area contributed by atoms with Crippen LogP contribution in [0.25, 0.3) is 10.9 Å². The molecular formula is C18H28N2O. The summed E-state index contributed by atoms with van der Waals surface area (Å²) in [5.74, 6) is 0.597. The second-order valence-electron chi connectivity index (χ2n) is 6.36. The van der Waals surface area contributed by atoms with Crippen LogP contribution in [-0.4, -0.2) is 23.8 Å². The number of rotatable bonds is 8. The Morgan fingerprint density at radius 2 is 1.95 bits per heavy atom. The molecule has 0 atom stereocenters. The maximum Gasteiger partial charge on any atom is 0.0645 e. The van der Waals surface area contributed by atoms with Gasteiger partial charge in [0.05, 0.1) is 6.61 Å². The van der Waals surface area contributed by atoms with Crippen LogP contribution in [0.1, 0.15) is 33.3 Å². The normalized spacial score (nSPS) is 11.9. The predicted molar refractivity (Wildman–Crippen MR) is 89.6 cm³/mol. The number of nitrogens with zero attached hydrogens (tertiary/aromatic N) is 1. The summed E-state index contributed by atoms with van der Waals surface area (Å²) in [7, 11) is 0. The molecule has 0 amide bonds. The molecule has 0 saturated heterocycles. The van der Waals surface area contributed by atoms with E-state index in [1.165, 1.54) is 16.5 Å². The molecule has 0 aliphatic rings. The molecule has 0 aliphatic heterocycles. The Bertz CT molecular complexity index is 557. The van der Waals surface area contributed by atoms with Gasteiger partial charge in [0.1, 0.15) is 0 Å². The monoisotopic (exact) mass is 288 g/mol. The van der Waals surface area contributed by atoms with E-state index in [1.54, 1.807) is 0 Å². The van der Waals surface area contributed by atoms with Crippen LogP contribution in [-0.2, 0) is 17.8 Å². The van der Waals surface area contributed by atoms with Crippen LogP contribution in [0.4, 0.5) is 0 Å². The van der Waals surface area contributed by atoms with Crippen LogP contribution in [0.3, 0.4) is 0 Å². The Morgan fingerprint density at radius 1 is 1.14 bits per heavy atom. The molecule has 1 heterocycles. The number of nitrogens with one attached hydrogen (secondary N) is 1. The maximum absolute atomic E-state index is 5.69. The van der Waals surface area contributed by atoms with Crippen molar-refractivity contribution in [2.45, 2.75) is 46.8 Å². The zero-order valence-corrected chi connectivity index (χ0v) is 13.7. The largest absolute Gasteiger partial charge is 0.379 e. The van der Waals surface area contributed by atoms with Gasteiger partial charge in [-0.15, -0.1) is 0 Å². The van der Waals surface area contributed by atoms with Crippen molar-refractivity contribution in [2.24, 2.45) is 5.92 Å². The lowest BCUT2D eigenvalue weighted by Crippen LogP contribution is -2.21. The van der Waals surface area contributed by atoms with E-state index in [0.29, 0.717) is 12.0 Å². The van der Waals surface area contributed by atoms with Crippen molar-refractivity contribution < 1.29 is 4.74 Å². The zero-order chi connectivity index (χ0) is 15.2. The van der Waals surface area contributed by atoms with Crippen LogP contribution < -0.4 is 5.32 Å². The third-order valence-electron chi connectivity index (χ3n) is 3.53. The molecule has 0 fully saturated rings. The molecule has 0 saturated carbocycles. The highest BCUT2D eigenvalue weighted by molar-refractivity contribution is 5.83.